The van der Waals surface area contributed by atoms with Crippen molar-refractivity contribution >= 4 is 11.8 Å². The fourth-order valence-electron chi connectivity index (χ4n) is 7.64. The van der Waals surface area contributed by atoms with Crippen LogP contribution in [0.25, 0.3) is 0 Å². The van der Waals surface area contributed by atoms with Gasteiger partial charge >= 0.3 is 5.97 Å². The van der Waals surface area contributed by atoms with Gasteiger partial charge in [-0.3, -0.25) is 4.79 Å². The highest BCUT2D eigenvalue weighted by Gasteiger charge is 2.49. The molecular weight excluding hydrogens is 744 g/mol. The zero-order valence-corrected chi connectivity index (χ0v) is 34.5. The monoisotopic (exact) mass is 819 g/mol. The maximum absolute atomic E-state index is 13.3. The van der Waals surface area contributed by atoms with E-state index in [1.54, 1.807) is 46.8 Å². The third kappa shape index (κ3) is 18.5. The number of carbonyl (C=O) groups excluding carboxylic acids is 2. The lowest BCUT2D eigenvalue weighted by atomic mass is 9.86. The molecule has 1 fully saturated rings. The largest absolute Gasteiger partial charge is 0.458 e. The maximum atomic E-state index is 13.3. The van der Waals surface area contributed by atoms with Gasteiger partial charge in [0, 0.05) is 30.3 Å². The average Bonchev–Trinajstić information content (AvgIpc) is 3.11. The molecule has 17 atom stereocenters. The van der Waals surface area contributed by atoms with Crippen LogP contribution in [0.4, 0.5) is 0 Å². The van der Waals surface area contributed by atoms with Crippen molar-refractivity contribution in [2.75, 3.05) is 0 Å². The number of esters is 1. The Labute approximate surface area is 338 Å². The first kappa shape index (κ1) is 51.3. The maximum Gasteiger partial charge on any atom is 0.330 e. The van der Waals surface area contributed by atoms with E-state index in [9.17, 15) is 65.8 Å². The number of fused-ring (bicyclic) bond motifs is 2. The fourth-order valence-corrected chi connectivity index (χ4v) is 7.64. The Morgan fingerprint density at radius 3 is 1.86 bits per heavy atom. The zero-order valence-electron chi connectivity index (χ0n) is 34.5. The van der Waals surface area contributed by atoms with Crippen molar-refractivity contribution in [2.45, 2.75) is 204 Å². The van der Waals surface area contributed by atoms with Crippen LogP contribution >= 0.6 is 0 Å². The van der Waals surface area contributed by atoms with Crippen LogP contribution in [0.1, 0.15) is 125 Å². The Morgan fingerprint density at radius 2 is 1.21 bits per heavy atom. The van der Waals surface area contributed by atoms with Crippen molar-refractivity contribution < 1.29 is 75.2 Å². The predicted molar refractivity (Wildman–Crippen MR) is 210 cm³/mol. The minimum atomic E-state index is -2.52. The highest BCUT2D eigenvalue weighted by atomic mass is 16.6. The molecule has 2 aliphatic rings. The lowest BCUT2D eigenvalue weighted by molar-refractivity contribution is -0.266. The van der Waals surface area contributed by atoms with Crippen LogP contribution in [0.3, 0.4) is 0 Å². The minimum Gasteiger partial charge on any atom is -0.458 e. The molecule has 11 N–H and O–H groups in total. The molecule has 0 aromatic carbocycles. The summed E-state index contributed by atoms with van der Waals surface area (Å²) in [7, 11) is 0. The normalized spacial score (nSPS) is 42.8. The lowest BCUT2D eigenvalue weighted by Crippen LogP contribution is -2.56. The predicted octanol–water partition coefficient (Wildman–Crippen LogP) is 1.32. The molecule has 2 aliphatic heterocycles. The molecule has 17 unspecified atom stereocenters. The molecule has 0 spiro atoms. The summed E-state index contributed by atoms with van der Waals surface area (Å²) in [4.78, 5) is 26.1. The van der Waals surface area contributed by atoms with E-state index in [1.165, 1.54) is 12.2 Å². The van der Waals surface area contributed by atoms with E-state index >= 15 is 0 Å². The summed E-state index contributed by atoms with van der Waals surface area (Å²) >= 11 is 0. The summed E-state index contributed by atoms with van der Waals surface area (Å²) in [5.41, 5.74) is 0. The number of rotatable bonds is 2. The van der Waals surface area contributed by atoms with Crippen LogP contribution in [0, 0.1) is 23.7 Å². The summed E-state index contributed by atoms with van der Waals surface area (Å²) < 4.78 is 11.4. The van der Waals surface area contributed by atoms with E-state index in [1.807, 2.05) is 0 Å². The van der Waals surface area contributed by atoms with Gasteiger partial charge in [0.1, 0.15) is 12.2 Å². The minimum absolute atomic E-state index is 0.00607. The van der Waals surface area contributed by atoms with Crippen LogP contribution in [-0.2, 0) is 19.1 Å². The van der Waals surface area contributed by atoms with Gasteiger partial charge in [0.2, 0.25) is 11.6 Å². The third-order valence-electron chi connectivity index (χ3n) is 11.6. The van der Waals surface area contributed by atoms with Gasteiger partial charge in [0.05, 0.1) is 61.0 Å². The lowest BCUT2D eigenvalue weighted by Gasteiger charge is -2.40. The molecule has 0 aromatic heterocycles. The molecule has 15 nitrogen and oxygen atoms in total. The molecule has 0 aliphatic carbocycles. The Hall–Kier alpha value is -1.86. The summed E-state index contributed by atoms with van der Waals surface area (Å²) in [5, 5.41) is 117. The van der Waals surface area contributed by atoms with Gasteiger partial charge in [0.25, 0.3) is 0 Å². The van der Waals surface area contributed by atoms with Crippen LogP contribution in [0.15, 0.2) is 24.3 Å². The van der Waals surface area contributed by atoms with E-state index in [4.69, 9.17) is 9.47 Å². The molecule has 332 valence electrons. The van der Waals surface area contributed by atoms with Gasteiger partial charge in [-0.2, -0.15) is 0 Å². The van der Waals surface area contributed by atoms with E-state index in [-0.39, 0.29) is 64.2 Å². The highest BCUT2D eigenvalue weighted by molar-refractivity contribution is 5.90. The van der Waals surface area contributed by atoms with Crippen molar-refractivity contribution in [2.24, 2.45) is 23.7 Å². The van der Waals surface area contributed by atoms with Gasteiger partial charge in [-0.25, -0.2) is 4.79 Å². The number of aliphatic hydroxyl groups excluding tert-OH is 10. The number of ether oxygens (including phenoxy) is 2. The molecule has 0 amide bonds. The summed E-state index contributed by atoms with van der Waals surface area (Å²) in [5.74, 6) is -6.33. The molecule has 0 saturated carbocycles. The number of cyclic esters (lactones) is 1. The van der Waals surface area contributed by atoms with Gasteiger partial charge < -0.3 is 65.6 Å². The van der Waals surface area contributed by atoms with Crippen molar-refractivity contribution in [3.63, 3.8) is 0 Å². The number of Topliss-reactive ketones (excluding diaryl/α,β-unsaturated/α-hetero) is 1. The summed E-state index contributed by atoms with van der Waals surface area (Å²) in [6, 6.07) is 0. The Balaban J connectivity index is 2.18. The number of aliphatic hydroxyl groups is 11. The highest BCUT2D eigenvalue weighted by Crippen LogP contribution is 2.33. The first-order valence-corrected chi connectivity index (χ1v) is 20.9. The van der Waals surface area contributed by atoms with Crippen molar-refractivity contribution in [1.29, 1.82) is 0 Å². The van der Waals surface area contributed by atoms with Crippen LogP contribution < -0.4 is 0 Å². The van der Waals surface area contributed by atoms with Crippen molar-refractivity contribution in [3.8, 4) is 0 Å². The molecule has 2 heterocycles. The summed E-state index contributed by atoms with van der Waals surface area (Å²) in [6.45, 7) is 8.39. The molecule has 57 heavy (non-hydrogen) atoms. The topological polar surface area (TPSA) is 275 Å². The fraction of sp³-hybridized carbons (Fsp3) is 0.857. The van der Waals surface area contributed by atoms with Crippen LogP contribution in [0.2, 0.25) is 0 Å². The second kappa shape index (κ2) is 25.0. The molecule has 0 radical (unpaired) electrons. The first-order chi connectivity index (χ1) is 26.6. The van der Waals surface area contributed by atoms with E-state index in [0.717, 1.165) is 0 Å². The molecule has 15 heteroatoms. The van der Waals surface area contributed by atoms with Gasteiger partial charge in [-0.1, -0.05) is 45.9 Å². The molecule has 0 aromatic rings. The SMILES string of the molecule is CC(O)C(C)C1OC(=O)/C=C/C(C)C(O)CC(O)CCCC(O)CCC(C)C(O)C(=O)C2(O)CC(O)CC(CC(O)CC(O)CC(O)CCCC(O)/C=C/C1C)O2. The standard InChI is InChI=1S/C42H74O15/c1-24-14-17-38(52)56-40(27(4)28(5)43)26(3)13-16-30(45)8-6-10-31(46)18-33(48)19-34(49)20-36-21-35(50)23-42(55,57-36)41(54)39(53)25(2)12-15-29(44)9-7-11-32(47)22-37(24)51/h13-14,16-17,24-37,39-40,43-51,53,55H,6-12,15,18-23H2,1-5H3/b16-13+,17-14+. The number of ketones is 1. The Kier molecular flexibility index (Phi) is 22.5. The number of hydrogen-bond acceptors (Lipinski definition) is 15. The van der Waals surface area contributed by atoms with Crippen molar-refractivity contribution in [3.05, 3.63) is 24.3 Å². The Bertz CT molecular complexity index is 1230. The van der Waals surface area contributed by atoms with E-state index in [2.05, 4.69) is 0 Å². The van der Waals surface area contributed by atoms with Gasteiger partial charge in [-0.15, -0.1) is 0 Å². The van der Waals surface area contributed by atoms with Gasteiger partial charge in [0.15, 0.2) is 0 Å². The first-order valence-electron chi connectivity index (χ1n) is 20.9. The second-order valence-electron chi connectivity index (χ2n) is 17.2. The smallest absolute Gasteiger partial charge is 0.330 e. The number of hydrogen-bond donors (Lipinski definition) is 11. The zero-order chi connectivity index (χ0) is 43.0. The van der Waals surface area contributed by atoms with Crippen LogP contribution in [-0.4, -0.2) is 147 Å². The second-order valence-corrected chi connectivity index (χ2v) is 17.2. The molecule has 2 rings (SSSR count). The molecule has 2 bridgehead atoms. The molecular formula is C42H74O15. The van der Waals surface area contributed by atoms with E-state index < -0.39 is 121 Å². The van der Waals surface area contributed by atoms with E-state index in [0.29, 0.717) is 19.3 Å². The molecule has 1 saturated heterocycles. The number of carbonyl (C=O) groups is 2. The van der Waals surface area contributed by atoms with Gasteiger partial charge in [-0.05, 0) is 96.3 Å². The van der Waals surface area contributed by atoms with Crippen molar-refractivity contribution in [1.82, 2.24) is 0 Å². The van der Waals surface area contributed by atoms with Crippen LogP contribution in [0.5, 0.6) is 0 Å². The third-order valence-corrected chi connectivity index (χ3v) is 11.6. The quantitative estimate of drug-likeness (QED) is 0.139. The average molecular weight is 819 g/mol. The Morgan fingerprint density at radius 1 is 0.649 bits per heavy atom. The summed E-state index contributed by atoms with van der Waals surface area (Å²) in [6.07, 6.45) is -4.72.